The van der Waals surface area contributed by atoms with Gasteiger partial charge in [-0.2, -0.15) is 0 Å². The Morgan fingerprint density at radius 2 is 2.18 bits per heavy atom. The number of benzene rings is 1. The van der Waals surface area contributed by atoms with Gasteiger partial charge in [0, 0.05) is 10.4 Å². The predicted octanol–water partition coefficient (Wildman–Crippen LogP) is 4.01. The van der Waals surface area contributed by atoms with Crippen LogP contribution in [-0.2, 0) is 0 Å². The van der Waals surface area contributed by atoms with Gasteiger partial charge in [-0.15, -0.1) is 11.3 Å². The van der Waals surface area contributed by atoms with Crippen molar-refractivity contribution in [2.75, 3.05) is 5.32 Å². The van der Waals surface area contributed by atoms with Crippen LogP contribution in [0, 0.1) is 6.92 Å². The van der Waals surface area contributed by atoms with Crippen LogP contribution >= 0.6 is 34.5 Å². The first-order valence-electron chi connectivity index (χ1n) is 4.75. The summed E-state index contributed by atoms with van der Waals surface area (Å²) in [5.41, 5.74) is 0.908. The van der Waals surface area contributed by atoms with E-state index >= 15 is 0 Å². The van der Waals surface area contributed by atoms with Gasteiger partial charge in [0.05, 0.1) is 15.7 Å². The van der Waals surface area contributed by atoms with Crippen LogP contribution in [0.15, 0.2) is 23.6 Å². The average molecular weight is 287 g/mol. The monoisotopic (exact) mass is 286 g/mol. The maximum absolute atomic E-state index is 11.8. The van der Waals surface area contributed by atoms with Gasteiger partial charge in [-0.05, 0) is 25.1 Å². The highest BCUT2D eigenvalue weighted by Crippen LogP contribution is 2.25. The van der Waals surface area contributed by atoms with Gasteiger partial charge in [0.25, 0.3) is 5.91 Å². The molecule has 0 aliphatic heterocycles. The fourth-order valence-corrected chi connectivity index (χ4v) is 2.29. The molecule has 0 atom stereocenters. The zero-order chi connectivity index (χ0) is 12.4. The maximum Gasteiger partial charge on any atom is 0.275 e. The summed E-state index contributed by atoms with van der Waals surface area (Å²) >= 11 is 13.1. The number of rotatable bonds is 2. The molecule has 0 unspecified atom stereocenters. The quantitative estimate of drug-likeness (QED) is 0.906. The molecule has 17 heavy (non-hydrogen) atoms. The van der Waals surface area contributed by atoms with Gasteiger partial charge in [-0.25, -0.2) is 4.98 Å². The number of thiazole rings is 1. The number of nitrogens with one attached hydrogen (secondary N) is 1. The molecule has 2 aromatic rings. The van der Waals surface area contributed by atoms with Crippen LogP contribution in [0.25, 0.3) is 0 Å². The molecule has 0 aliphatic rings. The zero-order valence-corrected chi connectivity index (χ0v) is 11.2. The SMILES string of the molecule is Cc1nc(C(=O)Nc2ccc(Cl)cc2Cl)cs1. The first kappa shape index (κ1) is 12.4. The lowest BCUT2D eigenvalue weighted by atomic mass is 10.3. The Labute approximate surface area is 112 Å². The van der Waals surface area contributed by atoms with Crippen molar-refractivity contribution >= 4 is 46.1 Å². The van der Waals surface area contributed by atoms with E-state index in [1.165, 1.54) is 11.3 Å². The summed E-state index contributed by atoms with van der Waals surface area (Å²) in [6.45, 7) is 1.84. The van der Waals surface area contributed by atoms with E-state index in [4.69, 9.17) is 23.2 Å². The second-order valence-electron chi connectivity index (χ2n) is 3.33. The molecule has 88 valence electrons. The van der Waals surface area contributed by atoms with E-state index in [-0.39, 0.29) is 5.91 Å². The number of amides is 1. The van der Waals surface area contributed by atoms with Gasteiger partial charge >= 0.3 is 0 Å². The molecule has 3 nitrogen and oxygen atoms in total. The van der Waals surface area contributed by atoms with Crippen LogP contribution in [0.5, 0.6) is 0 Å². The van der Waals surface area contributed by atoms with Crippen molar-refractivity contribution in [3.8, 4) is 0 Å². The summed E-state index contributed by atoms with van der Waals surface area (Å²) in [6, 6.07) is 4.89. The summed E-state index contributed by atoms with van der Waals surface area (Å²) in [4.78, 5) is 15.9. The number of carbonyl (C=O) groups is 1. The summed E-state index contributed by atoms with van der Waals surface area (Å²) in [5.74, 6) is -0.279. The molecule has 2 rings (SSSR count). The molecule has 0 radical (unpaired) electrons. The number of aromatic nitrogens is 1. The standard InChI is InChI=1S/C11H8Cl2N2OS/c1-6-14-10(5-17-6)11(16)15-9-3-2-7(12)4-8(9)13/h2-5H,1H3,(H,15,16). The molecule has 0 saturated heterocycles. The zero-order valence-electron chi connectivity index (χ0n) is 8.83. The van der Waals surface area contributed by atoms with Crippen LogP contribution in [0.3, 0.4) is 0 Å². The summed E-state index contributed by atoms with van der Waals surface area (Å²) < 4.78 is 0. The molecule has 1 aromatic carbocycles. The fourth-order valence-electron chi connectivity index (χ4n) is 1.24. The fraction of sp³-hybridized carbons (Fsp3) is 0.0909. The second-order valence-corrected chi connectivity index (χ2v) is 5.24. The van der Waals surface area contributed by atoms with Gasteiger partial charge in [0.2, 0.25) is 0 Å². The van der Waals surface area contributed by atoms with Crippen LogP contribution in [-0.4, -0.2) is 10.9 Å². The largest absolute Gasteiger partial charge is 0.319 e. The first-order valence-corrected chi connectivity index (χ1v) is 6.38. The van der Waals surface area contributed by atoms with Crippen molar-refractivity contribution in [1.29, 1.82) is 0 Å². The third-order valence-electron chi connectivity index (χ3n) is 2.03. The minimum Gasteiger partial charge on any atom is -0.319 e. The highest BCUT2D eigenvalue weighted by Gasteiger charge is 2.11. The molecule has 0 bridgehead atoms. The van der Waals surface area contributed by atoms with Crippen molar-refractivity contribution in [3.63, 3.8) is 0 Å². The van der Waals surface area contributed by atoms with Crippen LogP contribution in [0.2, 0.25) is 10.0 Å². The Balaban J connectivity index is 2.18. The van der Waals surface area contributed by atoms with Crippen molar-refractivity contribution in [2.45, 2.75) is 6.92 Å². The summed E-state index contributed by atoms with van der Waals surface area (Å²) in [6.07, 6.45) is 0. The first-order chi connectivity index (χ1) is 8.06. The molecular formula is C11H8Cl2N2OS. The number of hydrogen-bond donors (Lipinski definition) is 1. The van der Waals surface area contributed by atoms with E-state index in [0.717, 1.165) is 5.01 Å². The Kier molecular flexibility index (Phi) is 3.66. The molecule has 1 aromatic heterocycles. The molecular weight excluding hydrogens is 279 g/mol. The smallest absolute Gasteiger partial charge is 0.275 e. The molecule has 0 spiro atoms. The van der Waals surface area contributed by atoms with Crippen LogP contribution in [0.1, 0.15) is 15.5 Å². The highest BCUT2D eigenvalue weighted by molar-refractivity contribution is 7.09. The highest BCUT2D eigenvalue weighted by atomic mass is 35.5. The van der Waals surface area contributed by atoms with E-state index in [1.807, 2.05) is 6.92 Å². The number of nitrogens with zero attached hydrogens (tertiary/aromatic N) is 1. The third kappa shape index (κ3) is 2.97. The number of halogens is 2. The van der Waals surface area contributed by atoms with Crippen molar-refractivity contribution < 1.29 is 4.79 Å². The molecule has 1 N–H and O–H groups in total. The summed E-state index contributed by atoms with van der Waals surface area (Å²) in [7, 11) is 0. The number of hydrogen-bond acceptors (Lipinski definition) is 3. The number of aryl methyl sites for hydroxylation is 1. The van der Waals surface area contributed by atoms with Gasteiger partial charge in [-0.1, -0.05) is 23.2 Å². The average Bonchev–Trinajstić information content (AvgIpc) is 2.69. The van der Waals surface area contributed by atoms with Crippen molar-refractivity contribution in [2.24, 2.45) is 0 Å². The molecule has 0 fully saturated rings. The van der Waals surface area contributed by atoms with Crippen molar-refractivity contribution in [3.05, 3.63) is 44.3 Å². The van der Waals surface area contributed by atoms with E-state index in [0.29, 0.717) is 21.4 Å². The van der Waals surface area contributed by atoms with Gasteiger partial charge in [0.15, 0.2) is 0 Å². The molecule has 6 heteroatoms. The lowest BCUT2D eigenvalue weighted by molar-refractivity contribution is 0.102. The predicted molar refractivity (Wildman–Crippen MR) is 71.3 cm³/mol. The number of carbonyl (C=O) groups excluding carboxylic acids is 1. The van der Waals surface area contributed by atoms with E-state index in [1.54, 1.807) is 23.6 Å². The Morgan fingerprint density at radius 3 is 2.76 bits per heavy atom. The Hall–Kier alpha value is -1.10. The Morgan fingerprint density at radius 1 is 1.41 bits per heavy atom. The van der Waals surface area contributed by atoms with E-state index < -0.39 is 0 Å². The second kappa shape index (κ2) is 5.04. The molecule has 1 amide bonds. The topological polar surface area (TPSA) is 42.0 Å². The van der Waals surface area contributed by atoms with Crippen LogP contribution in [0.4, 0.5) is 5.69 Å². The minimum atomic E-state index is -0.279. The van der Waals surface area contributed by atoms with Gasteiger partial charge < -0.3 is 5.32 Å². The van der Waals surface area contributed by atoms with Crippen molar-refractivity contribution in [1.82, 2.24) is 4.98 Å². The lowest BCUT2D eigenvalue weighted by Crippen LogP contribution is -2.12. The third-order valence-corrected chi connectivity index (χ3v) is 3.35. The van der Waals surface area contributed by atoms with Gasteiger partial charge in [0.1, 0.15) is 5.69 Å². The molecule has 1 heterocycles. The minimum absolute atomic E-state index is 0.279. The van der Waals surface area contributed by atoms with Crippen LogP contribution < -0.4 is 5.32 Å². The maximum atomic E-state index is 11.8. The normalized spacial score (nSPS) is 10.3. The molecule has 0 aliphatic carbocycles. The molecule has 0 saturated carbocycles. The lowest BCUT2D eigenvalue weighted by Gasteiger charge is -2.05. The van der Waals surface area contributed by atoms with E-state index in [9.17, 15) is 4.79 Å². The Bertz CT molecular complexity index is 568. The number of anilines is 1. The van der Waals surface area contributed by atoms with Gasteiger partial charge in [-0.3, -0.25) is 4.79 Å². The van der Waals surface area contributed by atoms with E-state index in [2.05, 4.69) is 10.3 Å². The summed E-state index contributed by atoms with van der Waals surface area (Å²) in [5, 5.41) is 6.16.